The largest absolute Gasteiger partial charge is 0.322 e. The molecule has 0 aliphatic heterocycles. The number of pyridine rings is 1. The van der Waals surface area contributed by atoms with Gasteiger partial charge in [-0.05, 0) is 24.3 Å². The lowest BCUT2D eigenvalue weighted by Gasteiger charge is -2.04. The van der Waals surface area contributed by atoms with E-state index in [1.165, 1.54) is 42.6 Å². The molecule has 1 amide bonds. The van der Waals surface area contributed by atoms with Crippen LogP contribution in [-0.4, -0.2) is 15.8 Å². The third-order valence-electron chi connectivity index (χ3n) is 2.32. The minimum absolute atomic E-state index is 0.0371. The van der Waals surface area contributed by atoms with E-state index < -0.39 is 4.92 Å². The van der Waals surface area contributed by atoms with Crippen LogP contribution < -0.4 is 5.32 Å². The van der Waals surface area contributed by atoms with E-state index in [1.807, 2.05) is 0 Å². The summed E-state index contributed by atoms with van der Waals surface area (Å²) in [6.45, 7) is 0. The summed E-state index contributed by atoms with van der Waals surface area (Å²) in [5, 5.41) is 13.3. The molecule has 0 bridgehead atoms. The van der Waals surface area contributed by atoms with Gasteiger partial charge in [-0.1, -0.05) is 11.6 Å². The lowest BCUT2D eigenvalue weighted by molar-refractivity contribution is -0.384. The number of nitrogens with zero attached hydrogens (tertiary/aromatic N) is 2. The Labute approximate surface area is 113 Å². The molecule has 96 valence electrons. The van der Waals surface area contributed by atoms with Crippen LogP contribution in [0.1, 0.15) is 10.4 Å². The fraction of sp³-hybridized carbons (Fsp3) is 0. The van der Waals surface area contributed by atoms with Crippen LogP contribution in [0.25, 0.3) is 0 Å². The molecule has 6 nitrogen and oxygen atoms in total. The maximum absolute atomic E-state index is 11.9. The molecule has 19 heavy (non-hydrogen) atoms. The third-order valence-corrected chi connectivity index (χ3v) is 2.53. The molecule has 0 aliphatic carbocycles. The number of nitro groups is 1. The molecule has 1 aromatic carbocycles. The van der Waals surface area contributed by atoms with Crippen LogP contribution in [0.5, 0.6) is 0 Å². The normalized spacial score (nSPS) is 9.95. The second-order valence-electron chi connectivity index (χ2n) is 3.63. The molecule has 1 heterocycles. The summed E-state index contributed by atoms with van der Waals surface area (Å²) in [6.07, 6.45) is 1.42. The topological polar surface area (TPSA) is 85.1 Å². The Kier molecular flexibility index (Phi) is 3.72. The average Bonchev–Trinajstić information content (AvgIpc) is 2.39. The van der Waals surface area contributed by atoms with E-state index in [1.54, 1.807) is 0 Å². The van der Waals surface area contributed by atoms with Gasteiger partial charge in [0.2, 0.25) is 0 Å². The van der Waals surface area contributed by atoms with Crippen LogP contribution >= 0.6 is 11.6 Å². The number of aromatic nitrogens is 1. The molecule has 2 aromatic rings. The highest BCUT2D eigenvalue weighted by molar-refractivity contribution is 6.29. The van der Waals surface area contributed by atoms with Gasteiger partial charge >= 0.3 is 0 Å². The van der Waals surface area contributed by atoms with Crippen molar-refractivity contribution >= 4 is 28.9 Å². The van der Waals surface area contributed by atoms with Crippen molar-refractivity contribution < 1.29 is 9.72 Å². The number of hydrogen-bond donors (Lipinski definition) is 1. The average molecular weight is 278 g/mol. The summed E-state index contributed by atoms with van der Waals surface area (Å²) in [4.78, 5) is 25.6. The number of anilines is 1. The van der Waals surface area contributed by atoms with Crippen molar-refractivity contribution in [2.24, 2.45) is 0 Å². The predicted octanol–water partition coefficient (Wildman–Crippen LogP) is 2.90. The van der Waals surface area contributed by atoms with E-state index in [0.717, 1.165) is 0 Å². The molecule has 0 atom stereocenters. The second kappa shape index (κ2) is 5.45. The van der Waals surface area contributed by atoms with Crippen molar-refractivity contribution in [2.75, 3.05) is 5.32 Å². The molecule has 1 aromatic heterocycles. The molecule has 0 unspecified atom stereocenters. The molecular formula is C12H8ClN3O3. The zero-order valence-corrected chi connectivity index (χ0v) is 10.3. The fourth-order valence-electron chi connectivity index (χ4n) is 1.41. The van der Waals surface area contributed by atoms with E-state index in [2.05, 4.69) is 10.3 Å². The van der Waals surface area contributed by atoms with Crippen LogP contribution in [0.15, 0.2) is 42.6 Å². The van der Waals surface area contributed by atoms with Gasteiger partial charge in [0.05, 0.1) is 4.92 Å². The van der Waals surface area contributed by atoms with Crippen molar-refractivity contribution in [3.05, 3.63) is 63.4 Å². The molecule has 0 saturated carbocycles. The molecule has 0 aliphatic rings. The van der Waals surface area contributed by atoms with Gasteiger partial charge in [0, 0.05) is 29.6 Å². The zero-order valence-electron chi connectivity index (χ0n) is 9.54. The summed E-state index contributed by atoms with van der Waals surface area (Å²) in [5.74, 6) is -0.363. The molecular weight excluding hydrogens is 270 g/mol. The molecule has 1 N–H and O–H groups in total. The molecule has 7 heteroatoms. The Bertz CT molecular complexity index is 628. The maximum atomic E-state index is 11.9. The number of carbonyl (C=O) groups is 1. The minimum atomic E-state index is -0.506. The number of hydrogen-bond acceptors (Lipinski definition) is 4. The zero-order chi connectivity index (χ0) is 13.8. The van der Waals surface area contributed by atoms with Crippen LogP contribution in [-0.2, 0) is 0 Å². The lowest BCUT2D eigenvalue weighted by Crippen LogP contribution is -2.11. The quantitative estimate of drug-likeness (QED) is 0.531. The summed E-state index contributed by atoms with van der Waals surface area (Å²) >= 11 is 5.68. The Balaban J connectivity index is 2.13. The first-order chi connectivity index (χ1) is 9.06. The van der Waals surface area contributed by atoms with Crippen molar-refractivity contribution in [3.8, 4) is 0 Å². The molecule has 0 radical (unpaired) electrons. The van der Waals surface area contributed by atoms with E-state index in [-0.39, 0.29) is 16.7 Å². The van der Waals surface area contributed by atoms with Gasteiger partial charge in [0.1, 0.15) is 5.15 Å². The standard InChI is InChI=1S/C12H8ClN3O3/c13-11-7-8(5-6-14-11)12(17)15-9-1-3-10(4-2-9)16(18)19/h1-7H,(H,15,17). The summed E-state index contributed by atoms with van der Waals surface area (Å²) in [5.41, 5.74) is 0.784. The van der Waals surface area contributed by atoms with E-state index in [0.29, 0.717) is 11.3 Å². The maximum Gasteiger partial charge on any atom is 0.269 e. The molecule has 2 rings (SSSR count). The van der Waals surface area contributed by atoms with Crippen LogP contribution in [0.2, 0.25) is 5.15 Å². The Morgan fingerprint density at radius 2 is 1.95 bits per heavy atom. The number of rotatable bonds is 3. The summed E-state index contributed by atoms with van der Waals surface area (Å²) < 4.78 is 0. The predicted molar refractivity (Wildman–Crippen MR) is 70.3 cm³/mol. The number of nitrogens with one attached hydrogen (secondary N) is 1. The van der Waals surface area contributed by atoms with Gasteiger partial charge in [-0.3, -0.25) is 14.9 Å². The van der Waals surface area contributed by atoms with E-state index in [9.17, 15) is 14.9 Å². The van der Waals surface area contributed by atoms with Crippen LogP contribution in [0.3, 0.4) is 0 Å². The van der Waals surface area contributed by atoms with Gasteiger partial charge in [-0.25, -0.2) is 4.98 Å². The van der Waals surface area contributed by atoms with Crippen molar-refractivity contribution in [3.63, 3.8) is 0 Å². The van der Waals surface area contributed by atoms with Gasteiger partial charge in [-0.2, -0.15) is 0 Å². The monoisotopic (exact) mass is 277 g/mol. The van der Waals surface area contributed by atoms with E-state index in [4.69, 9.17) is 11.6 Å². The first-order valence-electron chi connectivity index (χ1n) is 5.23. The number of amides is 1. The fourth-order valence-corrected chi connectivity index (χ4v) is 1.59. The Morgan fingerprint density at radius 1 is 1.26 bits per heavy atom. The van der Waals surface area contributed by atoms with Crippen molar-refractivity contribution in [2.45, 2.75) is 0 Å². The molecule has 0 saturated heterocycles. The van der Waals surface area contributed by atoms with Crippen molar-refractivity contribution in [1.29, 1.82) is 0 Å². The van der Waals surface area contributed by atoms with Crippen molar-refractivity contribution in [1.82, 2.24) is 4.98 Å². The highest BCUT2D eigenvalue weighted by atomic mass is 35.5. The lowest BCUT2D eigenvalue weighted by atomic mass is 10.2. The number of benzene rings is 1. The second-order valence-corrected chi connectivity index (χ2v) is 4.01. The third kappa shape index (κ3) is 3.26. The minimum Gasteiger partial charge on any atom is -0.322 e. The smallest absolute Gasteiger partial charge is 0.269 e. The Hall–Kier alpha value is -2.47. The van der Waals surface area contributed by atoms with Gasteiger partial charge < -0.3 is 5.32 Å². The number of carbonyl (C=O) groups excluding carboxylic acids is 1. The highest BCUT2D eigenvalue weighted by Gasteiger charge is 2.08. The van der Waals surface area contributed by atoms with E-state index >= 15 is 0 Å². The first-order valence-corrected chi connectivity index (χ1v) is 5.61. The summed E-state index contributed by atoms with van der Waals surface area (Å²) in [6, 6.07) is 8.50. The number of non-ortho nitro benzene ring substituents is 1. The van der Waals surface area contributed by atoms with Gasteiger partial charge in [0.15, 0.2) is 0 Å². The molecule has 0 spiro atoms. The van der Waals surface area contributed by atoms with Crippen LogP contribution in [0.4, 0.5) is 11.4 Å². The first kappa shape index (κ1) is 13.0. The number of halogens is 1. The van der Waals surface area contributed by atoms with Gasteiger partial charge in [0.25, 0.3) is 11.6 Å². The molecule has 0 fully saturated rings. The Morgan fingerprint density at radius 3 is 2.53 bits per heavy atom. The SMILES string of the molecule is O=C(Nc1ccc([N+](=O)[O-])cc1)c1ccnc(Cl)c1. The number of nitro benzene ring substituents is 1. The van der Waals surface area contributed by atoms with Crippen LogP contribution in [0, 0.1) is 10.1 Å². The summed E-state index contributed by atoms with van der Waals surface area (Å²) in [7, 11) is 0. The highest BCUT2D eigenvalue weighted by Crippen LogP contribution is 2.16. The van der Waals surface area contributed by atoms with Gasteiger partial charge in [-0.15, -0.1) is 0 Å².